The van der Waals surface area contributed by atoms with E-state index in [4.69, 9.17) is 21.4 Å². The maximum atomic E-state index is 10.9. The second kappa shape index (κ2) is 5.70. The minimum Gasteiger partial charge on any atom is -0.497 e. The fourth-order valence-electron chi connectivity index (χ4n) is 2.41. The van der Waals surface area contributed by atoms with E-state index in [2.05, 4.69) is 0 Å². The first kappa shape index (κ1) is 14.4. The van der Waals surface area contributed by atoms with Crippen LogP contribution in [0.2, 0.25) is 5.02 Å². The zero-order valence-corrected chi connectivity index (χ0v) is 12.6. The molecule has 1 N–H and O–H groups in total. The van der Waals surface area contributed by atoms with Crippen molar-refractivity contribution in [3.63, 3.8) is 0 Å². The van der Waals surface area contributed by atoms with Crippen LogP contribution in [0.4, 0.5) is 0 Å². The topological polar surface area (TPSA) is 46.5 Å². The summed E-state index contributed by atoms with van der Waals surface area (Å²) in [4.78, 5) is 10.9. The molecule has 0 fully saturated rings. The molecule has 0 atom stereocenters. The first-order valence-electron chi connectivity index (χ1n) is 6.70. The average molecular weight is 313 g/mol. The van der Waals surface area contributed by atoms with Crippen molar-refractivity contribution in [1.29, 1.82) is 0 Å². The first-order valence-corrected chi connectivity index (χ1v) is 7.08. The fraction of sp³-hybridized carbons (Fsp3) is 0.0556. The number of fused-ring (bicyclic) bond motifs is 1. The molecular weight excluding hydrogens is 300 g/mol. The average Bonchev–Trinajstić information content (AvgIpc) is 2.55. The molecule has 3 nitrogen and oxygen atoms in total. The van der Waals surface area contributed by atoms with Gasteiger partial charge in [0.1, 0.15) is 5.75 Å². The van der Waals surface area contributed by atoms with Gasteiger partial charge in [-0.05, 0) is 41.3 Å². The highest BCUT2D eigenvalue weighted by molar-refractivity contribution is 6.38. The van der Waals surface area contributed by atoms with Crippen LogP contribution in [0.5, 0.6) is 5.75 Å². The summed E-state index contributed by atoms with van der Waals surface area (Å²) in [5.41, 5.74) is 2.01. The van der Waals surface area contributed by atoms with Gasteiger partial charge in [-0.2, -0.15) is 0 Å². The standard InChI is InChI=1S/C18H13ClO3/c1-22-14-7-9-16-13(10-14)6-8-15(17(16)19)11-2-4-12(5-3-11)18(20)21/h2-10H,1H3,(H,20,21). The zero-order valence-electron chi connectivity index (χ0n) is 11.8. The summed E-state index contributed by atoms with van der Waals surface area (Å²) in [6.45, 7) is 0. The Bertz CT molecular complexity index is 854. The normalized spacial score (nSPS) is 10.6. The number of benzene rings is 3. The summed E-state index contributed by atoms with van der Waals surface area (Å²) in [6, 6.07) is 16.3. The number of ether oxygens (including phenoxy) is 1. The van der Waals surface area contributed by atoms with Crippen LogP contribution in [0, 0.1) is 0 Å². The van der Waals surface area contributed by atoms with E-state index >= 15 is 0 Å². The number of rotatable bonds is 3. The Balaban J connectivity index is 2.11. The second-order valence-corrected chi connectivity index (χ2v) is 5.27. The van der Waals surface area contributed by atoms with Gasteiger partial charge in [-0.3, -0.25) is 0 Å². The molecule has 0 bridgehead atoms. The third-order valence-electron chi connectivity index (χ3n) is 3.60. The minimum absolute atomic E-state index is 0.255. The zero-order chi connectivity index (χ0) is 15.7. The molecule has 22 heavy (non-hydrogen) atoms. The number of aromatic carboxylic acids is 1. The Morgan fingerprint density at radius 1 is 1.05 bits per heavy atom. The second-order valence-electron chi connectivity index (χ2n) is 4.90. The molecule has 0 aliphatic carbocycles. The third-order valence-corrected chi connectivity index (χ3v) is 4.01. The van der Waals surface area contributed by atoms with Gasteiger partial charge in [0.05, 0.1) is 17.7 Å². The molecule has 0 saturated carbocycles. The number of hydrogen-bond acceptors (Lipinski definition) is 2. The van der Waals surface area contributed by atoms with Crippen LogP contribution in [0.1, 0.15) is 10.4 Å². The summed E-state index contributed by atoms with van der Waals surface area (Å²) in [7, 11) is 1.63. The highest BCUT2D eigenvalue weighted by Crippen LogP contribution is 2.35. The fourth-order valence-corrected chi connectivity index (χ4v) is 2.76. The van der Waals surface area contributed by atoms with Crippen LogP contribution in [-0.4, -0.2) is 18.2 Å². The quantitative estimate of drug-likeness (QED) is 0.750. The monoisotopic (exact) mass is 312 g/mol. The molecule has 0 radical (unpaired) electrons. The molecule has 110 valence electrons. The van der Waals surface area contributed by atoms with Crippen LogP contribution in [0.25, 0.3) is 21.9 Å². The number of carboxylic acid groups (broad SMARTS) is 1. The number of methoxy groups -OCH3 is 1. The molecule has 0 amide bonds. The molecule has 3 aromatic carbocycles. The Hall–Kier alpha value is -2.52. The van der Waals surface area contributed by atoms with Crippen LogP contribution < -0.4 is 4.74 Å². The van der Waals surface area contributed by atoms with Crippen LogP contribution >= 0.6 is 11.6 Å². The molecule has 0 spiro atoms. The lowest BCUT2D eigenvalue weighted by atomic mass is 10.00. The first-order chi connectivity index (χ1) is 10.6. The van der Waals surface area contributed by atoms with Gasteiger partial charge in [0.25, 0.3) is 0 Å². The number of halogens is 1. The van der Waals surface area contributed by atoms with E-state index in [9.17, 15) is 4.79 Å². The Morgan fingerprint density at radius 3 is 2.41 bits per heavy atom. The van der Waals surface area contributed by atoms with Crippen molar-refractivity contribution in [2.75, 3.05) is 7.11 Å². The van der Waals surface area contributed by atoms with E-state index in [-0.39, 0.29) is 5.56 Å². The number of carbonyl (C=O) groups is 1. The molecule has 3 rings (SSSR count). The van der Waals surface area contributed by atoms with E-state index in [1.54, 1.807) is 31.4 Å². The molecule has 0 heterocycles. The molecule has 0 unspecified atom stereocenters. The van der Waals surface area contributed by atoms with Crippen LogP contribution in [-0.2, 0) is 0 Å². The molecule has 4 heteroatoms. The summed E-state index contributed by atoms with van der Waals surface area (Å²) < 4.78 is 5.21. The largest absolute Gasteiger partial charge is 0.497 e. The summed E-state index contributed by atoms with van der Waals surface area (Å²) in [6.07, 6.45) is 0. The van der Waals surface area contributed by atoms with Gasteiger partial charge in [0.2, 0.25) is 0 Å². The van der Waals surface area contributed by atoms with Crippen molar-refractivity contribution in [3.8, 4) is 16.9 Å². The Labute approximate surface area is 132 Å². The van der Waals surface area contributed by atoms with Crippen LogP contribution in [0.3, 0.4) is 0 Å². The number of carboxylic acids is 1. The van der Waals surface area contributed by atoms with Crippen molar-refractivity contribution >= 4 is 28.3 Å². The highest BCUT2D eigenvalue weighted by atomic mass is 35.5. The lowest BCUT2D eigenvalue weighted by Gasteiger charge is -2.09. The SMILES string of the molecule is COc1ccc2c(Cl)c(-c3ccc(C(=O)O)cc3)ccc2c1. The predicted molar refractivity (Wildman–Crippen MR) is 87.9 cm³/mol. The minimum atomic E-state index is -0.941. The van der Waals surface area contributed by atoms with Crippen molar-refractivity contribution < 1.29 is 14.6 Å². The smallest absolute Gasteiger partial charge is 0.335 e. The maximum Gasteiger partial charge on any atom is 0.335 e. The molecule has 0 aromatic heterocycles. The maximum absolute atomic E-state index is 10.9. The lowest BCUT2D eigenvalue weighted by molar-refractivity contribution is 0.0697. The van der Waals surface area contributed by atoms with Crippen molar-refractivity contribution in [1.82, 2.24) is 0 Å². The molecule has 0 aliphatic rings. The van der Waals surface area contributed by atoms with E-state index in [0.717, 1.165) is 27.6 Å². The lowest BCUT2D eigenvalue weighted by Crippen LogP contribution is -1.95. The van der Waals surface area contributed by atoms with Gasteiger partial charge < -0.3 is 9.84 Å². The molecule has 3 aromatic rings. The molecule has 0 saturated heterocycles. The number of hydrogen-bond donors (Lipinski definition) is 1. The van der Waals surface area contributed by atoms with Gasteiger partial charge >= 0.3 is 5.97 Å². The Morgan fingerprint density at radius 2 is 1.77 bits per heavy atom. The van der Waals surface area contributed by atoms with Crippen molar-refractivity contribution in [2.45, 2.75) is 0 Å². The third kappa shape index (κ3) is 2.51. The summed E-state index contributed by atoms with van der Waals surface area (Å²) in [5, 5.41) is 11.5. The predicted octanol–water partition coefficient (Wildman–Crippen LogP) is 4.87. The molecular formula is C18H13ClO3. The van der Waals surface area contributed by atoms with E-state index in [0.29, 0.717) is 5.02 Å². The van der Waals surface area contributed by atoms with E-state index < -0.39 is 5.97 Å². The van der Waals surface area contributed by atoms with Gasteiger partial charge in [0, 0.05) is 10.9 Å². The van der Waals surface area contributed by atoms with Gasteiger partial charge in [-0.15, -0.1) is 0 Å². The van der Waals surface area contributed by atoms with E-state index in [1.807, 2.05) is 30.3 Å². The summed E-state index contributed by atoms with van der Waals surface area (Å²) >= 11 is 6.52. The van der Waals surface area contributed by atoms with Gasteiger partial charge in [-0.25, -0.2) is 4.79 Å². The summed E-state index contributed by atoms with van der Waals surface area (Å²) in [5.74, 6) is -0.162. The highest BCUT2D eigenvalue weighted by Gasteiger charge is 2.09. The van der Waals surface area contributed by atoms with Crippen molar-refractivity contribution in [2.24, 2.45) is 0 Å². The van der Waals surface area contributed by atoms with E-state index in [1.165, 1.54) is 0 Å². The van der Waals surface area contributed by atoms with Gasteiger partial charge in [0.15, 0.2) is 0 Å². The molecule has 0 aliphatic heterocycles. The van der Waals surface area contributed by atoms with Crippen molar-refractivity contribution in [3.05, 3.63) is 65.2 Å². The Kier molecular flexibility index (Phi) is 3.73. The van der Waals surface area contributed by atoms with Crippen LogP contribution in [0.15, 0.2) is 54.6 Å². The van der Waals surface area contributed by atoms with Gasteiger partial charge in [-0.1, -0.05) is 35.9 Å².